The molecule has 0 fully saturated rings. The molecule has 132 valence electrons. The Labute approximate surface area is 150 Å². The molecule has 0 amide bonds. The zero-order chi connectivity index (χ0) is 18.6. The van der Waals surface area contributed by atoms with Crippen LogP contribution < -0.4 is 0 Å². The van der Waals surface area contributed by atoms with Gasteiger partial charge in [0.1, 0.15) is 0 Å². The Morgan fingerprint density at radius 3 is 2.00 bits per heavy atom. The molecule has 0 aromatic heterocycles. The van der Waals surface area contributed by atoms with Crippen LogP contribution in [-0.2, 0) is 12.0 Å². The summed E-state index contributed by atoms with van der Waals surface area (Å²) in [7, 11) is 2.06. The van der Waals surface area contributed by atoms with Crippen LogP contribution in [0.25, 0.3) is 5.57 Å². The van der Waals surface area contributed by atoms with Crippen molar-refractivity contribution in [3.63, 3.8) is 0 Å². The molecular weight excluding hydrogens is 310 g/mol. The van der Waals surface area contributed by atoms with Crippen LogP contribution in [0, 0.1) is 0 Å². The van der Waals surface area contributed by atoms with Gasteiger partial charge in [-0.25, -0.2) is 4.79 Å². The minimum atomic E-state index is -0.909. The molecule has 2 aromatic carbocycles. The second kappa shape index (κ2) is 7.66. The van der Waals surface area contributed by atoms with Crippen LogP contribution in [-0.4, -0.2) is 29.6 Å². The van der Waals surface area contributed by atoms with Crippen molar-refractivity contribution >= 4 is 11.5 Å². The van der Waals surface area contributed by atoms with Crippen LogP contribution >= 0.6 is 0 Å². The van der Waals surface area contributed by atoms with E-state index in [0.717, 1.165) is 24.2 Å². The van der Waals surface area contributed by atoms with E-state index in [1.807, 2.05) is 12.1 Å². The Hall–Kier alpha value is -2.39. The first kappa shape index (κ1) is 18.9. The Morgan fingerprint density at radius 1 is 1.00 bits per heavy atom. The Morgan fingerprint density at radius 2 is 1.52 bits per heavy atom. The van der Waals surface area contributed by atoms with E-state index >= 15 is 0 Å². The highest BCUT2D eigenvalue weighted by Gasteiger charge is 2.13. The molecule has 0 unspecified atom stereocenters. The van der Waals surface area contributed by atoms with Gasteiger partial charge in [-0.05, 0) is 46.9 Å². The predicted molar refractivity (Wildman–Crippen MR) is 104 cm³/mol. The second-order valence-corrected chi connectivity index (χ2v) is 7.61. The third-order valence-electron chi connectivity index (χ3n) is 4.27. The number of rotatable bonds is 6. The molecule has 0 heterocycles. The van der Waals surface area contributed by atoms with Crippen molar-refractivity contribution in [1.82, 2.24) is 4.90 Å². The van der Waals surface area contributed by atoms with Gasteiger partial charge in [-0.2, -0.15) is 0 Å². The van der Waals surface area contributed by atoms with Crippen molar-refractivity contribution in [2.45, 2.75) is 32.7 Å². The van der Waals surface area contributed by atoms with E-state index < -0.39 is 5.97 Å². The maximum atomic E-state index is 10.9. The number of carboxylic acid groups (broad SMARTS) is 1. The molecule has 0 aliphatic rings. The Kier molecular flexibility index (Phi) is 5.81. The number of aromatic carboxylic acids is 1. The van der Waals surface area contributed by atoms with Gasteiger partial charge < -0.3 is 5.11 Å². The standard InChI is InChI=1S/C22H27NO2/c1-16(18-8-10-19(11-9-18)21(24)25)14-23(5)15-17-6-12-20(13-7-17)22(2,3)4/h6-13H,1,14-15H2,2-5H3,(H,24,25). The number of carboxylic acids is 1. The Balaban J connectivity index is 1.96. The first-order chi connectivity index (χ1) is 11.7. The Bertz CT molecular complexity index is 737. The lowest BCUT2D eigenvalue weighted by molar-refractivity contribution is 0.0697. The molecule has 0 saturated carbocycles. The summed E-state index contributed by atoms with van der Waals surface area (Å²) in [6.07, 6.45) is 0. The summed E-state index contributed by atoms with van der Waals surface area (Å²) in [5.74, 6) is -0.909. The molecule has 2 rings (SSSR count). The van der Waals surface area contributed by atoms with E-state index in [4.69, 9.17) is 5.11 Å². The highest BCUT2D eigenvalue weighted by Crippen LogP contribution is 2.22. The summed E-state index contributed by atoms with van der Waals surface area (Å²) in [4.78, 5) is 13.1. The number of benzene rings is 2. The van der Waals surface area contributed by atoms with Gasteiger partial charge in [-0.3, -0.25) is 4.90 Å². The number of hydrogen-bond donors (Lipinski definition) is 1. The van der Waals surface area contributed by atoms with E-state index in [9.17, 15) is 4.79 Å². The van der Waals surface area contributed by atoms with Crippen molar-refractivity contribution in [1.29, 1.82) is 0 Å². The maximum absolute atomic E-state index is 10.9. The summed E-state index contributed by atoms with van der Waals surface area (Å²) in [6.45, 7) is 12.4. The first-order valence-corrected chi connectivity index (χ1v) is 8.46. The largest absolute Gasteiger partial charge is 0.478 e. The summed E-state index contributed by atoms with van der Waals surface area (Å²) in [6, 6.07) is 15.6. The van der Waals surface area contributed by atoms with Crippen LogP contribution in [0.1, 0.15) is 47.8 Å². The molecule has 0 spiro atoms. The topological polar surface area (TPSA) is 40.5 Å². The highest BCUT2D eigenvalue weighted by atomic mass is 16.4. The third kappa shape index (κ3) is 5.30. The van der Waals surface area contributed by atoms with Crippen molar-refractivity contribution in [2.24, 2.45) is 0 Å². The van der Waals surface area contributed by atoms with E-state index in [2.05, 4.69) is 63.6 Å². The van der Waals surface area contributed by atoms with Gasteiger partial charge in [0, 0.05) is 13.1 Å². The molecule has 0 bridgehead atoms. The second-order valence-electron chi connectivity index (χ2n) is 7.61. The average molecular weight is 337 g/mol. The predicted octanol–water partition coefficient (Wildman–Crippen LogP) is 4.83. The molecule has 25 heavy (non-hydrogen) atoms. The van der Waals surface area contributed by atoms with Crippen molar-refractivity contribution in [3.8, 4) is 0 Å². The number of likely N-dealkylation sites (N-methyl/N-ethyl adjacent to an activating group) is 1. The van der Waals surface area contributed by atoms with Gasteiger partial charge >= 0.3 is 5.97 Å². The molecule has 0 atom stereocenters. The summed E-state index contributed by atoms with van der Waals surface area (Å²) < 4.78 is 0. The molecular formula is C22H27NO2. The monoisotopic (exact) mass is 337 g/mol. The molecule has 0 aliphatic heterocycles. The van der Waals surface area contributed by atoms with E-state index in [1.54, 1.807) is 12.1 Å². The average Bonchev–Trinajstić information content (AvgIpc) is 2.54. The third-order valence-corrected chi connectivity index (χ3v) is 4.27. The van der Waals surface area contributed by atoms with Crippen molar-refractivity contribution in [3.05, 3.63) is 77.4 Å². The van der Waals surface area contributed by atoms with Gasteiger partial charge in [0.15, 0.2) is 0 Å². The number of carbonyl (C=O) groups is 1. The lowest BCUT2D eigenvalue weighted by Crippen LogP contribution is -2.20. The van der Waals surface area contributed by atoms with Crippen LogP contribution in [0.15, 0.2) is 55.1 Å². The molecule has 2 aromatic rings. The van der Waals surface area contributed by atoms with Gasteiger partial charge in [0.2, 0.25) is 0 Å². The zero-order valence-corrected chi connectivity index (χ0v) is 15.5. The molecule has 3 heteroatoms. The molecule has 0 saturated heterocycles. The molecule has 0 radical (unpaired) electrons. The minimum absolute atomic E-state index is 0.167. The minimum Gasteiger partial charge on any atom is -0.478 e. The SMILES string of the molecule is C=C(CN(C)Cc1ccc(C(C)(C)C)cc1)c1ccc(C(=O)O)cc1. The molecule has 0 aliphatic carbocycles. The smallest absolute Gasteiger partial charge is 0.335 e. The zero-order valence-electron chi connectivity index (χ0n) is 15.5. The van der Waals surface area contributed by atoms with E-state index in [0.29, 0.717) is 5.56 Å². The van der Waals surface area contributed by atoms with Gasteiger partial charge in [0.25, 0.3) is 0 Å². The fourth-order valence-electron chi connectivity index (χ4n) is 2.74. The van der Waals surface area contributed by atoms with Crippen LogP contribution in [0.5, 0.6) is 0 Å². The maximum Gasteiger partial charge on any atom is 0.335 e. The van der Waals surface area contributed by atoms with Crippen LogP contribution in [0.4, 0.5) is 0 Å². The quantitative estimate of drug-likeness (QED) is 0.821. The summed E-state index contributed by atoms with van der Waals surface area (Å²) in [5.41, 5.74) is 5.02. The van der Waals surface area contributed by atoms with E-state index in [1.165, 1.54) is 11.1 Å². The fourth-order valence-corrected chi connectivity index (χ4v) is 2.74. The van der Waals surface area contributed by atoms with Crippen molar-refractivity contribution in [2.75, 3.05) is 13.6 Å². The summed E-state index contributed by atoms with van der Waals surface area (Å²) in [5, 5.41) is 8.96. The molecule has 3 nitrogen and oxygen atoms in total. The lowest BCUT2D eigenvalue weighted by atomic mass is 9.87. The van der Waals surface area contributed by atoms with Crippen LogP contribution in [0.2, 0.25) is 0 Å². The normalized spacial score (nSPS) is 11.6. The van der Waals surface area contributed by atoms with Gasteiger partial charge in [-0.1, -0.05) is 63.7 Å². The van der Waals surface area contributed by atoms with Crippen molar-refractivity contribution < 1.29 is 9.90 Å². The van der Waals surface area contributed by atoms with Crippen LogP contribution in [0.3, 0.4) is 0 Å². The van der Waals surface area contributed by atoms with Gasteiger partial charge in [-0.15, -0.1) is 0 Å². The highest BCUT2D eigenvalue weighted by molar-refractivity contribution is 5.88. The molecule has 1 N–H and O–H groups in total. The number of nitrogens with zero attached hydrogens (tertiary/aromatic N) is 1. The lowest BCUT2D eigenvalue weighted by Gasteiger charge is -2.21. The fraction of sp³-hybridized carbons (Fsp3) is 0.318. The first-order valence-electron chi connectivity index (χ1n) is 8.46. The number of hydrogen-bond acceptors (Lipinski definition) is 2. The van der Waals surface area contributed by atoms with Gasteiger partial charge in [0.05, 0.1) is 5.56 Å². The summed E-state index contributed by atoms with van der Waals surface area (Å²) >= 11 is 0. The van der Waals surface area contributed by atoms with E-state index in [-0.39, 0.29) is 5.41 Å².